The van der Waals surface area contributed by atoms with Crippen molar-refractivity contribution in [3.05, 3.63) is 0 Å². The molecule has 0 aromatic heterocycles. The molecule has 0 radical (unpaired) electrons. The fourth-order valence-electron chi connectivity index (χ4n) is 0.931. The number of nitrogens with one attached hydrogen (secondary N) is 1. The molecule has 6 heteroatoms. The van der Waals surface area contributed by atoms with Crippen molar-refractivity contribution in [1.82, 2.24) is 5.32 Å². The van der Waals surface area contributed by atoms with Crippen LogP contribution in [0.25, 0.3) is 0 Å². The second-order valence-electron chi connectivity index (χ2n) is 2.94. The molecule has 6 nitrogen and oxygen atoms in total. The first-order valence-electron chi connectivity index (χ1n) is 4.82. The Morgan fingerprint density at radius 3 is 2.60 bits per heavy atom. The minimum Gasteiger partial charge on any atom is -0.480 e. The maximum absolute atomic E-state index is 11.1. The number of amides is 1. The van der Waals surface area contributed by atoms with Crippen LogP contribution in [0.5, 0.6) is 0 Å². The summed E-state index contributed by atoms with van der Waals surface area (Å²) < 4.78 is 5.02. The molecule has 0 aliphatic rings. The average molecular weight is 219 g/mol. The molecule has 0 fully saturated rings. The first kappa shape index (κ1) is 13.9. The van der Waals surface area contributed by atoms with Crippen LogP contribution in [0.3, 0.4) is 0 Å². The Labute approximate surface area is 88.2 Å². The monoisotopic (exact) mass is 219 g/mol. The van der Waals surface area contributed by atoms with E-state index in [4.69, 9.17) is 14.9 Å². The lowest BCUT2D eigenvalue weighted by molar-refractivity contribution is -0.143. The zero-order valence-corrected chi connectivity index (χ0v) is 8.73. The number of aliphatic hydroxyl groups excluding tert-OH is 1. The lowest BCUT2D eigenvalue weighted by Gasteiger charge is -2.11. The van der Waals surface area contributed by atoms with Crippen molar-refractivity contribution in [2.45, 2.75) is 25.8 Å². The number of carbonyl (C=O) groups excluding carboxylic acids is 1. The summed E-state index contributed by atoms with van der Waals surface area (Å²) in [5.41, 5.74) is 0. The number of aliphatic carboxylic acids is 1. The molecule has 0 bridgehead atoms. The minimum atomic E-state index is -1.24. The second kappa shape index (κ2) is 8.19. The third-order valence-corrected chi connectivity index (χ3v) is 1.71. The van der Waals surface area contributed by atoms with E-state index in [-0.39, 0.29) is 6.42 Å². The standard InChI is InChI=1S/C9H17NO5/c1-2-15-5-3-4-8(12)10-7(6-11)9(13)14/h7,11H,2-6H2,1H3,(H,10,12)(H,13,14). The SMILES string of the molecule is CCOCCCC(=O)NC(CO)C(=O)O. The largest absolute Gasteiger partial charge is 0.480 e. The third-order valence-electron chi connectivity index (χ3n) is 1.71. The van der Waals surface area contributed by atoms with Gasteiger partial charge in [-0.15, -0.1) is 0 Å². The van der Waals surface area contributed by atoms with Crippen molar-refractivity contribution in [3.8, 4) is 0 Å². The van der Waals surface area contributed by atoms with Gasteiger partial charge in [-0.3, -0.25) is 4.79 Å². The maximum atomic E-state index is 11.1. The molecule has 88 valence electrons. The van der Waals surface area contributed by atoms with Crippen molar-refractivity contribution in [2.24, 2.45) is 0 Å². The van der Waals surface area contributed by atoms with Gasteiger partial charge in [0.15, 0.2) is 0 Å². The van der Waals surface area contributed by atoms with Crippen molar-refractivity contribution >= 4 is 11.9 Å². The highest BCUT2D eigenvalue weighted by atomic mass is 16.5. The smallest absolute Gasteiger partial charge is 0.328 e. The van der Waals surface area contributed by atoms with Crippen molar-refractivity contribution in [3.63, 3.8) is 0 Å². The number of hydrogen-bond acceptors (Lipinski definition) is 4. The van der Waals surface area contributed by atoms with Gasteiger partial charge in [-0.2, -0.15) is 0 Å². The summed E-state index contributed by atoms with van der Waals surface area (Å²) >= 11 is 0. The lowest BCUT2D eigenvalue weighted by Crippen LogP contribution is -2.43. The summed E-state index contributed by atoms with van der Waals surface area (Å²) in [5, 5.41) is 19.4. The molecule has 0 aliphatic heterocycles. The first-order valence-corrected chi connectivity index (χ1v) is 4.82. The van der Waals surface area contributed by atoms with Crippen LogP contribution in [-0.4, -0.2) is 48.0 Å². The highest BCUT2D eigenvalue weighted by molar-refractivity contribution is 5.83. The molecular formula is C9H17NO5. The normalized spacial score (nSPS) is 12.1. The number of carbonyl (C=O) groups is 2. The van der Waals surface area contributed by atoms with E-state index in [0.717, 1.165) is 0 Å². The molecule has 0 aliphatic carbocycles. The fraction of sp³-hybridized carbons (Fsp3) is 0.778. The van der Waals surface area contributed by atoms with E-state index in [9.17, 15) is 9.59 Å². The number of aliphatic hydroxyl groups is 1. The van der Waals surface area contributed by atoms with E-state index in [1.165, 1.54) is 0 Å². The summed E-state index contributed by atoms with van der Waals surface area (Å²) in [6.07, 6.45) is 0.737. The van der Waals surface area contributed by atoms with Crippen LogP contribution in [0.1, 0.15) is 19.8 Å². The minimum absolute atomic E-state index is 0.198. The van der Waals surface area contributed by atoms with Gasteiger partial charge in [0.1, 0.15) is 6.04 Å². The topological polar surface area (TPSA) is 95.9 Å². The van der Waals surface area contributed by atoms with E-state index < -0.39 is 24.5 Å². The summed E-state index contributed by atoms with van der Waals surface area (Å²) in [7, 11) is 0. The van der Waals surface area contributed by atoms with Crippen LogP contribution in [0, 0.1) is 0 Å². The molecule has 1 amide bonds. The predicted octanol–water partition coefficient (Wildman–Crippen LogP) is -0.635. The lowest BCUT2D eigenvalue weighted by atomic mass is 10.2. The highest BCUT2D eigenvalue weighted by Gasteiger charge is 2.17. The fourth-order valence-corrected chi connectivity index (χ4v) is 0.931. The molecule has 0 spiro atoms. The summed E-state index contributed by atoms with van der Waals surface area (Å²) in [6.45, 7) is 2.32. The summed E-state index contributed by atoms with van der Waals surface area (Å²) in [4.78, 5) is 21.6. The van der Waals surface area contributed by atoms with Crippen LogP contribution in [-0.2, 0) is 14.3 Å². The van der Waals surface area contributed by atoms with Gasteiger partial charge in [-0.25, -0.2) is 4.79 Å². The number of carboxylic acids is 1. The summed E-state index contributed by atoms with van der Waals surface area (Å²) in [6, 6.07) is -1.22. The molecule has 0 saturated carbocycles. The van der Waals surface area contributed by atoms with Crippen LogP contribution in [0.4, 0.5) is 0 Å². The van der Waals surface area contributed by atoms with Gasteiger partial charge >= 0.3 is 5.97 Å². The van der Waals surface area contributed by atoms with Gasteiger partial charge in [0, 0.05) is 19.6 Å². The van der Waals surface area contributed by atoms with E-state index in [2.05, 4.69) is 5.32 Å². The first-order chi connectivity index (χ1) is 7.11. The zero-order valence-electron chi connectivity index (χ0n) is 8.73. The summed E-state index contributed by atoms with van der Waals surface area (Å²) in [5.74, 6) is -1.63. The van der Waals surface area contributed by atoms with Crippen molar-refractivity contribution < 1.29 is 24.5 Å². The Hall–Kier alpha value is -1.14. The zero-order chi connectivity index (χ0) is 11.7. The average Bonchev–Trinajstić information content (AvgIpc) is 2.20. The van der Waals surface area contributed by atoms with E-state index in [1.54, 1.807) is 0 Å². The predicted molar refractivity (Wildman–Crippen MR) is 52.4 cm³/mol. The molecule has 0 heterocycles. The molecule has 0 aromatic carbocycles. The highest BCUT2D eigenvalue weighted by Crippen LogP contribution is 1.92. The maximum Gasteiger partial charge on any atom is 0.328 e. The van der Waals surface area contributed by atoms with Crippen LogP contribution in [0.2, 0.25) is 0 Å². The molecule has 0 saturated heterocycles. The van der Waals surface area contributed by atoms with Gasteiger partial charge in [0.05, 0.1) is 6.61 Å². The van der Waals surface area contributed by atoms with Crippen LogP contribution >= 0.6 is 0 Å². The molecule has 1 unspecified atom stereocenters. The molecule has 1 atom stereocenters. The van der Waals surface area contributed by atoms with E-state index >= 15 is 0 Å². The van der Waals surface area contributed by atoms with Crippen molar-refractivity contribution in [2.75, 3.05) is 19.8 Å². The van der Waals surface area contributed by atoms with Gasteiger partial charge < -0.3 is 20.3 Å². The van der Waals surface area contributed by atoms with E-state index in [0.29, 0.717) is 19.6 Å². The molecule has 0 aromatic rings. The molecule has 0 rings (SSSR count). The number of carboxylic acid groups (broad SMARTS) is 1. The Balaban J connectivity index is 3.67. The Bertz CT molecular complexity index is 207. The van der Waals surface area contributed by atoms with Crippen LogP contribution in [0.15, 0.2) is 0 Å². The van der Waals surface area contributed by atoms with Gasteiger partial charge in [0.25, 0.3) is 0 Å². The number of hydrogen-bond donors (Lipinski definition) is 3. The quantitative estimate of drug-likeness (QED) is 0.472. The third kappa shape index (κ3) is 6.87. The number of rotatable bonds is 8. The van der Waals surface area contributed by atoms with Gasteiger partial charge in [0.2, 0.25) is 5.91 Å². The number of ether oxygens (including phenoxy) is 1. The second-order valence-corrected chi connectivity index (χ2v) is 2.94. The Kier molecular flexibility index (Phi) is 7.57. The molecule has 15 heavy (non-hydrogen) atoms. The van der Waals surface area contributed by atoms with Crippen molar-refractivity contribution in [1.29, 1.82) is 0 Å². The van der Waals surface area contributed by atoms with E-state index in [1.807, 2.05) is 6.92 Å². The van der Waals surface area contributed by atoms with Crippen LogP contribution < -0.4 is 5.32 Å². The Morgan fingerprint density at radius 2 is 2.13 bits per heavy atom. The van der Waals surface area contributed by atoms with Gasteiger partial charge in [-0.1, -0.05) is 0 Å². The Morgan fingerprint density at radius 1 is 1.47 bits per heavy atom. The molecule has 3 N–H and O–H groups in total. The molecular weight excluding hydrogens is 202 g/mol. The van der Waals surface area contributed by atoms with Gasteiger partial charge in [-0.05, 0) is 13.3 Å².